The van der Waals surface area contributed by atoms with Crippen LogP contribution in [0.5, 0.6) is 0 Å². The first kappa shape index (κ1) is 40.5. The Labute approximate surface area is 403 Å². The van der Waals surface area contributed by atoms with E-state index < -0.39 is 0 Å². The van der Waals surface area contributed by atoms with E-state index in [0.29, 0.717) is 0 Å². The van der Waals surface area contributed by atoms with Gasteiger partial charge in [0.15, 0.2) is 0 Å². The molecule has 1 nitrogen and oxygen atoms in total. The van der Waals surface area contributed by atoms with Gasteiger partial charge in [-0.1, -0.05) is 237 Å². The molecule has 0 aliphatic heterocycles. The van der Waals surface area contributed by atoms with Gasteiger partial charge in [-0.2, -0.15) is 0 Å². The molecule has 0 aromatic heterocycles. The Morgan fingerprint density at radius 3 is 1.55 bits per heavy atom. The number of fused-ring (bicyclic) bond motifs is 7. The molecule has 0 amide bonds. The second-order valence-electron chi connectivity index (χ2n) is 18.5. The molecule has 0 spiro atoms. The summed E-state index contributed by atoms with van der Waals surface area (Å²) in [7, 11) is 0. The summed E-state index contributed by atoms with van der Waals surface area (Å²) >= 11 is 0. The topological polar surface area (TPSA) is 3.24 Å². The lowest BCUT2D eigenvalue weighted by Crippen LogP contribution is -2.22. The molecule has 0 bridgehead atoms. The summed E-state index contributed by atoms with van der Waals surface area (Å²) in [5, 5.41) is 7.46. The third-order valence-electron chi connectivity index (χ3n) is 14.7. The van der Waals surface area contributed by atoms with Gasteiger partial charge < -0.3 is 4.90 Å². The van der Waals surface area contributed by atoms with Gasteiger partial charge in [-0.25, -0.2) is 0 Å². The van der Waals surface area contributed by atoms with E-state index in [0.717, 1.165) is 28.2 Å². The van der Waals surface area contributed by atoms with Crippen molar-refractivity contribution in [3.05, 3.63) is 284 Å². The zero-order valence-electron chi connectivity index (χ0n) is 38.4. The van der Waals surface area contributed by atoms with E-state index in [-0.39, 0.29) is 5.41 Å². The van der Waals surface area contributed by atoms with Crippen LogP contribution in [0.25, 0.3) is 88.0 Å². The van der Waals surface area contributed by atoms with Crippen molar-refractivity contribution in [2.24, 2.45) is 0 Å². The van der Waals surface area contributed by atoms with E-state index in [9.17, 15) is 0 Å². The van der Waals surface area contributed by atoms with Crippen molar-refractivity contribution in [3.63, 3.8) is 0 Å². The third kappa shape index (κ3) is 6.54. The largest absolute Gasteiger partial charge is 0.309 e. The highest BCUT2D eigenvalue weighted by molar-refractivity contribution is 6.22. The van der Waals surface area contributed by atoms with E-state index >= 15 is 0 Å². The first-order valence-electron chi connectivity index (χ1n) is 24.0. The number of hydrogen-bond acceptors (Lipinski definition) is 1. The van der Waals surface area contributed by atoms with Gasteiger partial charge in [0.2, 0.25) is 0 Å². The summed E-state index contributed by atoms with van der Waals surface area (Å²) in [5.74, 6) is 0. The van der Waals surface area contributed by atoms with Gasteiger partial charge in [0, 0.05) is 22.2 Å². The number of benzene rings is 12. The molecule has 1 unspecified atom stereocenters. The predicted octanol–water partition coefficient (Wildman–Crippen LogP) is 18.6. The molecule has 0 radical (unpaired) electrons. The summed E-state index contributed by atoms with van der Waals surface area (Å²) in [6.07, 6.45) is 0. The molecule has 13 rings (SSSR count). The molecule has 0 N–H and O–H groups in total. The highest BCUT2D eigenvalue weighted by atomic mass is 15.1. The highest BCUT2D eigenvalue weighted by Crippen LogP contribution is 2.57. The third-order valence-corrected chi connectivity index (χ3v) is 14.7. The number of nitrogens with zero attached hydrogens (tertiary/aromatic N) is 1. The number of rotatable bonds is 8. The molecule has 69 heavy (non-hydrogen) atoms. The second kappa shape index (κ2) is 16.5. The van der Waals surface area contributed by atoms with Gasteiger partial charge >= 0.3 is 0 Å². The van der Waals surface area contributed by atoms with Crippen molar-refractivity contribution in [1.29, 1.82) is 0 Å². The van der Waals surface area contributed by atoms with E-state index in [4.69, 9.17) is 0 Å². The minimum Gasteiger partial charge on any atom is -0.309 e. The monoisotopic (exact) mass is 877 g/mol. The first-order valence-corrected chi connectivity index (χ1v) is 24.0. The van der Waals surface area contributed by atoms with E-state index in [1.54, 1.807) is 0 Å². The Morgan fingerprint density at radius 2 is 0.797 bits per heavy atom. The maximum absolute atomic E-state index is 2.52. The van der Waals surface area contributed by atoms with Crippen LogP contribution in [-0.2, 0) is 5.41 Å². The minimum absolute atomic E-state index is 0.349. The molecule has 1 aliphatic carbocycles. The smallest absolute Gasteiger partial charge is 0.0543 e. The van der Waals surface area contributed by atoms with Gasteiger partial charge in [-0.3, -0.25) is 0 Å². The quantitative estimate of drug-likeness (QED) is 0.138. The molecule has 1 atom stereocenters. The number of para-hydroxylation sites is 1. The number of anilines is 3. The maximum Gasteiger partial charge on any atom is 0.0543 e. The summed E-state index contributed by atoms with van der Waals surface area (Å²) < 4.78 is 0. The molecule has 12 aromatic rings. The molecule has 1 aliphatic rings. The second-order valence-corrected chi connectivity index (χ2v) is 18.5. The fraction of sp³-hybridized carbons (Fsp3) is 0.0294. The molecule has 0 saturated heterocycles. The van der Waals surface area contributed by atoms with E-state index in [2.05, 4.69) is 279 Å². The van der Waals surface area contributed by atoms with Crippen molar-refractivity contribution in [2.45, 2.75) is 12.3 Å². The summed E-state index contributed by atoms with van der Waals surface area (Å²) in [6, 6.07) is 98.5. The molecule has 0 heterocycles. The lowest BCUT2D eigenvalue weighted by atomic mass is 9.74. The molecule has 0 fully saturated rings. The van der Waals surface area contributed by atoms with Crippen LogP contribution in [0, 0.1) is 0 Å². The van der Waals surface area contributed by atoms with Gasteiger partial charge in [0.05, 0.1) is 11.4 Å². The Balaban J connectivity index is 1.07. The molecular weight excluding hydrogens is 831 g/mol. The summed E-state index contributed by atoms with van der Waals surface area (Å²) in [5.41, 5.74) is 19.1. The minimum atomic E-state index is -0.349. The number of hydrogen-bond donors (Lipinski definition) is 0. The fourth-order valence-corrected chi connectivity index (χ4v) is 11.5. The fourth-order valence-electron chi connectivity index (χ4n) is 11.5. The first-order chi connectivity index (χ1) is 34.1. The van der Waals surface area contributed by atoms with Crippen LogP contribution in [-0.4, -0.2) is 0 Å². The average molecular weight is 878 g/mol. The molecular formula is C68H47N. The van der Waals surface area contributed by atoms with Gasteiger partial charge in [-0.05, 0) is 131 Å². The summed E-state index contributed by atoms with van der Waals surface area (Å²) in [4.78, 5) is 2.52. The van der Waals surface area contributed by atoms with Crippen LogP contribution in [0.2, 0.25) is 0 Å². The Kier molecular flexibility index (Phi) is 9.70. The summed E-state index contributed by atoms with van der Waals surface area (Å²) in [6.45, 7) is 2.40. The van der Waals surface area contributed by atoms with Crippen LogP contribution in [0.3, 0.4) is 0 Å². The zero-order chi connectivity index (χ0) is 45.9. The maximum atomic E-state index is 2.52. The van der Waals surface area contributed by atoms with Gasteiger partial charge in [-0.15, -0.1) is 0 Å². The van der Waals surface area contributed by atoms with Crippen LogP contribution < -0.4 is 4.90 Å². The van der Waals surface area contributed by atoms with Crippen molar-refractivity contribution < 1.29 is 0 Å². The van der Waals surface area contributed by atoms with Crippen LogP contribution in [0.15, 0.2) is 267 Å². The highest BCUT2D eigenvalue weighted by Gasteiger charge is 2.42. The molecule has 0 saturated carbocycles. The molecule has 1 heteroatoms. The van der Waals surface area contributed by atoms with Crippen LogP contribution >= 0.6 is 0 Å². The molecule has 324 valence electrons. The van der Waals surface area contributed by atoms with E-state index in [1.165, 1.54) is 93.5 Å². The lowest BCUT2D eigenvalue weighted by molar-refractivity contribution is 0.714. The average Bonchev–Trinajstić information content (AvgIpc) is 3.70. The SMILES string of the molecule is CC1(c2ccccc2)c2ccccc2-c2c(N(c3ccc(-c4cccc5ccccc45)cc3)c3ccccc3-c3ccc4c(c3)c(-c3ccccc3)c(-c3ccccc3)c3ccccc34)cccc21. The van der Waals surface area contributed by atoms with Crippen molar-refractivity contribution in [2.75, 3.05) is 4.90 Å². The van der Waals surface area contributed by atoms with E-state index in [1.807, 2.05) is 0 Å². The van der Waals surface area contributed by atoms with Crippen molar-refractivity contribution in [1.82, 2.24) is 0 Å². The zero-order valence-corrected chi connectivity index (χ0v) is 38.4. The van der Waals surface area contributed by atoms with Crippen molar-refractivity contribution in [3.8, 4) is 55.6 Å². The normalized spacial score (nSPS) is 13.9. The van der Waals surface area contributed by atoms with Gasteiger partial charge in [0.25, 0.3) is 0 Å². The van der Waals surface area contributed by atoms with Crippen LogP contribution in [0.1, 0.15) is 23.6 Å². The van der Waals surface area contributed by atoms with Crippen molar-refractivity contribution >= 4 is 49.4 Å². The Morgan fingerprint density at radius 1 is 0.290 bits per heavy atom. The van der Waals surface area contributed by atoms with Crippen LogP contribution in [0.4, 0.5) is 17.1 Å². The Bertz CT molecular complexity index is 3890. The Hall–Kier alpha value is -8.78. The standard InChI is InChI=1S/C68H47N/c1-68(51-27-9-4-10-28-51)61-35-17-15-33-59(61)67-62(68)36-20-38-64(67)69(52-42-39-47(40-43-52)54-34-19-26-46-21-11-12-29-53(46)54)63-37-18-16-30-55(63)50-41-44-57-56-31-13-14-32-58(56)65(48-22-5-2-6-23-48)66(60(57)45-50)49-24-7-3-8-25-49/h2-45H,1H3. The van der Waals surface area contributed by atoms with Gasteiger partial charge in [0.1, 0.15) is 0 Å². The molecule has 12 aromatic carbocycles. The predicted molar refractivity (Wildman–Crippen MR) is 293 cm³/mol. The lowest BCUT2D eigenvalue weighted by Gasteiger charge is -2.31.